The minimum Gasteiger partial charge on any atom is -0.370 e. The Morgan fingerprint density at radius 2 is 1.77 bits per heavy atom. The molecule has 1 atom stereocenters. The van der Waals surface area contributed by atoms with Crippen LogP contribution in [-0.4, -0.2) is 49.1 Å². The summed E-state index contributed by atoms with van der Waals surface area (Å²) in [5.41, 5.74) is 8.72. The molecule has 164 valence electrons. The van der Waals surface area contributed by atoms with Crippen LogP contribution in [-0.2, 0) is 6.54 Å². The molecule has 2 aromatic carbocycles. The summed E-state index contributed by atoms with van der Waals surface area (Å²) >= 11 is 0. The fourth-order valence-corrected chi connectivity index (χ4v) is 4.48. The number of urea groups is 1. The molecule has 4 rings (SSSR count). The van der Waals surface area contributed by atoms with Gasteiger partial charge in [-0.05, 0) is 49.4 Å². The summed E-state index contributed by atoms with van der Waals surface area (Å²) < 4.78 is 0. The van der Waals surface area contributed by atoms with E-state index in [4.69, 9.17) is 5.73 Å². The fraction of sp³-hybridized carbons (Fsp3) is 0.417. The molecule has 2 saturated heterocycles. The number of amides is 3. The number of carbonyl (C=O) groups is 2. The predicted octanol–water partition coefficient (Wildman–Crippen LogP) is 3.17. The van der Waals surface area contributed by atoms with Crippen molar-refractivity contribution >= 4 is 23.3 Å². The van der Waals surface area contributed by atoms with Gasteiger partial charge >= 0.3 is 6.03 Å². The molecule has 0 aromatic heterocycles. The number of nitrogens with one attached hydrogen (secondary N) is 2. The lowest BCUT2D eigenvalue weighted by molar-refractivity contribution is 0.100. The Morgan fingerprint density at radius 1 is 1.00 bits per heavy atom. The second-order valence-electron chi connectivity index (χ2n) is 8.45. The lowest BCUT2D eigenvalue weighted by Crippen LogP contribution is -2.40. The Labute approximate surface area is 183 Å². The topological polar surface area (TPSA) is 90.7 Å². The van der Waals surface area contributed by atoms with Crippen molar-refractivity contribution in [2.45, 2.75) is 38.3 Å². The van der Waals surface area contributed by atoms with E-state index in [9.17, 15) is 9.59 Å². The Morgan fingerprint density at radius 3 is 2.52 bits per heavy atom. The molecular formula is C24H31N5O2. The summed E-state index contributed by atoms with van der Waals surface area (Å²) in [4.78, 5) is 29.1. The van der Waals surface area contributed by atoms with Crippen LogP contribution in [0.1, 0.15) is 41.6 Å². The maximum Gasteiger partial charge on any atom is 0.319 e. The Kier molecular flexibility index (Phi) is 6.72. The van der Waals surface area contributed by atoms with Crippen LogP contribution in [0, 0.1) is 0 Å². The SMILES string of the molecule is NC(=O)c1ccc(N2CCCCC2)c(NC(=O)NC2CCN(Cc3ccccc3)C2)c1. The highest BCUT2D eigenvalue weighted by molar-refractivity contribution is 5.99. The fourth-order valence-electron chi connectivity index (χ4n) is 4.48. The molecule has 7 heteroatoms. The van der Waals surface area contributed by atoms with E-state index in [1.54, 1.807) is 12.1 Å². The van der Waals surface area contributed by atoms with E-state index in [0.717, 1.165) is 57.7 Å². The zero-order chi connectivity index (χ0) is 21.6. The molecule has 3 amide bonds. The van der Waals surface area contributed by atoms with E-state index in [-0.39, 0.29) is 12.1 Å². The maximum absolute atomic E-state index is 12.8. The number of hydrogen-bond donors (Lipinski definition) is 3. The highest BCUT2D eigenvalue weighted by Crippen LogP contribution is 2.29. The number of likely N-dealkylation sites (tertiary alicyclic amines) is 1. The summed E-state index contributed by atoms with van der Waals surface area (Å²) in [6.45, 7) is 4.56. The van der Waals surface area contributed by atoms with Crippen molar-refractivity contribution in [1.82, 2.24) is 10.2 Å². The Balaban J connectivity index is 1.38. The minimum absolute atomic E-state index is 0.0986. The number of piperidine rings is 1. The summed E-state index contributed by atoms with van der Waals surface area (Å²) in [5, 5.41) is 6.07. The van der Waals surface area contributed by atoms with Gasteiger partial charge in [-0.25, -0.2) is 4.79 Å². The van der Waals surface area contributed by atoms with Crippen LogP contribution in [0.15, 0.2) is 48.5 Å². The summed E-state index contributed by atoms with van der Waals surface area (Å²) in [5.74, 6) is -0.499. The first-order valence-electron chi connectivity index (χ1n) is 11.1. The molecule has 2 aromatic rings. The number of hydrogen-bond acceptors (Lipinski definition) is 4. The molecule has 2 aliphatic rings. The number of nitrogens with two attached hydrogens (primary N) is 1. The molecule has 0 aliphatic carbocycles. The molecule has 0 saturated carbocycles. The molecule has 4 N–H and O–H groups in total. The second-order valence-corrected chi connectivity index (χ2v) is 8.45. The number of carbonyl (C=O) groups excluding carboxylic acids is 2. The lowest BCUT2D eigenvalue weighted by Gasteiger charge is -2.31. The smallest absolute Gasteiger partial charge is 0.319 e. The highest BCUT2D eigenvalue weighted by atomic mass is 16.2. The van der Waals surface area contributed by atoms with E-state index in [2.05, 4.69) is 44.7 Å². The van der Waals surface area contributed by atoms with Gasteiger partial charge in [-0.1, -0.05) is 30.3 Å². The van der Waals surface area contributed by atoms with Crippen LogP contribution >= 0.6 is 0 Å². The molecule has 0 radical (unpaired) electrons. The molecule has 2 aliphatic heterocycles. The Bertz CT molecular complexity index is 911. The number of anilines is 2. The largest absolute Gasteiger partial charge is 0.370 e. The van der Waals surface area contributed by atoms with Gasteiger partial charge in [-0.15, -0.1) is 0 Å². The van der Waals surface area contributed by atoms with Gasteiger partial charge in [-0.3, -0.25) is 9.69 Å². The number of nitrogens with zero attached hydrogens (tertiary/aromatic N) is 2. The number of benzene rings is 2. The first kappa shape index (κ1) is 21.2. The molecule has 2 fully saturated rings. The standard InChI is InChI=1S/C24H31N5O2/c25-23(30)19-9-10-22(29-12-5-2-6-13-29)21(15-19)27-24(31)26-20-11-14-28(17-20)16-18-7-3-1-4-8-18/h1,3-4,7-10,15,20H,2,5-6,11-14,16-17H2,(H2,25,30)(H2,26,27,31). The quantitative estimate of drug-likeness (QED) is 0.668. The van der Waals surface area contributed by atoms with Crippen LogP contribution in [0.25, 0.3) is 0 Å². The first-order valence-corrected chi connectivity index (χ1v) is 11.1. The Hall–Kier alpha value is -3.06. The summed E-state index contributed by atoms with van der Waals surface area (Å²) in [7, 11) is 0. The average Bonchev–Trinajstić information content (AvgIpc) is 3.21. The van der Waals surface area contributed by atoms with Gasteiger partial charge in [-0.2, -0.15) is 0 Å². The minimum atomic E-state index is -0.499. The molecule has 2 heterocycles. The van der Waals surface area contributed by atoms with Crippen LogP contribution in [0.4, 0.5) is 16.2 Å². The van der Waals surface area contributed by atoms with Crippen molar-refractivity contribution in [3.05, 3.63) is 59.7 Å². The van der Waals surface area contributed by atoms with Crippen LogP contribution in [0.3, 0.4) is 0 Å². The van der Waals surface area contributed by atoms with Crippen molar-refractivity contribution in [3.8, 4) is 0 Å². The van der Waals surface area contributed by atoms with Crippen LogP contribution < -0.4 is 21.3 Å². The molecule has 1 unspecified atom stereocenters. The van der Waals surface area contributed by atoms with Gasteiger partial charge in [0, 0.05) is 44.3 Å². The maximum atomic E-state index is 12.8. The van der Waals surface area contributed by atoms with Crippen LogP contribution in [0.5, 0.6) is 0 Å². The molecular weight excluding hydrogens is 390 g/mol. The van der Waals surface area contributed by atoms with Crippen molar-refractivity contribution in [2.75, 3.05) is 36.4 Å². The number of rotatable bonds is 6. The van der Waals surface area contributed by atoms with Gasteiger partial charge in [0.1, 0.15) is 0 Å². The molecule has 7 nitrogen and oxygen atoms in total. The van der Waals surface area contributed by atoms with Gasteiger partial charge in [0.2, 0.25) is 5.91 Å². The second kappa shape index (κ2) is 9.83. The lowest BCUT2D eigenvalue weighted by atomic mass is 10.1. The van der Waals surface area contributed by atoms with E-state index >= 15 is 0 Å². The normalized spacial score (nSPS) is 19.2. The summed E-state index contributed by atoms with van der Waals surface area (Å²) in [6.07, 6.45) is 4.39. The van der Waals surface area contributed by atoms with Crippen LogP contribution in [0.2, 0.25) is 0 Å². The monoisotopic (exact) mass is 421 g/mol. The van der Waals surface area contributed by atoms with Gasteiger partial charge in [0.25, 0.3) is 0 Å². The van der Waals surface area contributed by atoms with Crippen molar-refractivity contribution in [2.24, 2.45) is 5.73 Å². The molecule has 31 heavy (non-hydrogen) atoms. The zero-order valence-electron chi connectivity index (χ0n) is 17.8. The third kappa shape index (κ3) is 5.55. The highest BCUT2D eigenvalue weighted by Gasteiger charge is 2.24. The average molecular weight is 422 g/mol. The van der Waals surface area contributed by atoms with Gasteiger partial charge in [0.05, 0.1) is 11.4 Å². The van der Waals surface area contributed by atoms with E-state index in [0.29, 0.717) is 11.3 Å². The first-order chi connectivity index (χ1) is 15.1. The van der Waals surface area contributed by atoms with Crippen molar-refractivity contribution in [1.29, 1.82) is 0 Å². The van der Waals surface area contributed by atoms with Gasteiger partial charge < -0.3 is 21.3 Å². The third-order valence-corrected chi connectivity index (χ3v) is 6.08. The summed E-state index contributed by atoms with van der Waals surface area (Å²) in [6, 6.07) is 15.5. The third-order valence-electron chi connectivity index (χ3n) is 6.08. The number of primary amides is 1. The van der Waals surface area contributed by atoms with E-state index < -0.39 is 5.91 Å². The van der Waals surface area contributed by atoms with Crippen molar-refractivity contribution in [3.63, 3.8) is 0 Å². The van der Waals surface area contributed by atoms with E-state index in [1.807, 2.05) is 12.1 Å². The predicted molar refractivity (Wildman–Crippen MR) is 123 cm³/mol. The molecule has 0 bridgehead atoms. The van der Waals surface area contributed by atoms with E-state index in [1.165, 1.54) is 12.0 Å². The molecule has 0 spiro atoms. The zero-order valence-corrected chi connectivity index (χ0v) is 17.8. The van der Waals surface area contributed by atoms with Crippen molar-refractivity contribution < 1.29 is 9.59 Å². The van der Waals surface area contributed by atoms with Gasteiger partial charge in [0.15, 0.2) is 0 Å².